The summed E-state index contributed by atoms with van der Waals surface area (Å²) in [6, 6.07) is 7.05. The Bertz CT molecular complexity index is 791. The fraction of sp³-hybridized carbons (Fsp3) is 0.333. The lowest BCUT2D eigenvalue weighted by Crippen LogP contribution is -2.49. The van der Waals surface area contributed by atoms with Crippen LogP contribution in [0.25, 0.3) is 0 Å². The third-order valence-corrected chi connectivity index (χ3v) is 4.73. The molecule has 1 N–H and O–H groups in total. The molecule has 1 aromatic heterocycles. The molecule has 1 aromatic carbocycles. The van der Waals surface area contributed by atoms with Crippen LogP contribution < -0.4 is 10.2 Å². The van der Waals surface area contributed by atoms with Gasteiger partial charge >= 0.3 is 0 Å². The van der Waals surface area contributed by atoms with Crippen molar-refractivity contribution in [2.45, 2.75) is 13.3 Å². The van der Waals surface area contributed by atoms with Gasteiger partial charge in [-0.1, -0.05) is 17.7 Å². The minimum Gasteiger partial charge on any atom is -0.339 e. The van der Waals surface area contributed by atoms with Gasteiger partial charge in [0.05, 0.1) is 0 Å². The summed E-state index contributed by atoms with van der Waals surface area (Å²) in [4.78, 5) is 36.7. The zero-order valence-corrected chi connectivity index (χ0v) is 15.2. The van der Waals surface area contributed by atoms with Gasteiger partial charge in [0.2, 0.25) is 17.8 Å². The van der Waals surface area contributed by atoms with Crippen molar-refractivity contribution in [1.82, 2.24) is 14.9 Å². The number of benzene rings is 1. The van der Waals surface area contributed by atoms with Crippen LogP contribution in [0.2, 0.25) is 5.02 Å². The summed E-state index contributed by atoms with van der Waals surface area (Å²) in [7, 11) is 0. The van der Waals surface area contributed by atoms with Gasteiger partial charge in [-0.05, 0) is 30.7 Å². The van der Waals surface area contributed by atoms with E-state index in [0.29, 0.717) is 42.8 Å². The first-order valence-corrected chi connectivity index (χ1v) is 8.77. The zero-order chi connectivity index (χ0) is 18.5. The van der Waals surface area contributed by atoms with E-state index in [9.17, 15) is 9.59 Å². The topological polar surface area (TPSA) is 78.4 Å². The van der Waals surface area contributed by atoms with Crippen LogP contribution >= 0.6 is 11.6 Å². The molecule has 2 heterocycles. The van der Waals surface area contributed by atoms with E-state index >= 15 is 0 Å². The molecule has 0 radical (unpaired) electrons. The van der Waals surface area contributed by atoms with Crippen molar-refractivity contribution in [3.8, 4) is 0 Å². The van der Waals surface area contributed by atoms with E-state index in [2.05, 4.69) is 15.3 Å². The third kappa shape index (κ3) is 4.29. The van der Waals surface area contributed by atoms with E-state index in [0.717, 1.165) is 5.56 Å². The zero-order valence-electron chi connectivity index (χ0n) is 14.5. The number of nitrogens with one attached hydrogen (secondary N) is 1. The molecule has 1 aliphatic rings. The minimum absolute atomic E-state index is 0.184. The Balaban J connectivity index is 1.51. The highest BCUT2D eigenvalue weighted by atomic mass is 35.5. The molecule has 0 spiro atoms. The highest BCUT2D eigenvalue weighted by molar-refractivity contribution is 6.31. The average Bonchev–Trinajstić information content (AvgIpc) is 2.66. The number of halogens is 1. The maximum Gasteiger partial charge on any atom is 0.233 e. The molecule has 0 bridgehead atoms. The van der Waals surface area contributed by atoms with Gasteiger partial charge in [-0.3, -0.25) is 9.59 Å². The lowest BCUT2D eigenvalue weighted by atomic mass is 10.2. The normalized spacial score (nSPS) is 14.2. The van der Waals surface area contributed by atoms with Gasteiger partial charge in [0.15, 0.2) is 0 Å². The number of anilines is 2. The van der Waals surface area contributed by atoms with Crippen molar-refractivity contribution < 1.29 is 9.59 Å². The largest absolute Gasteiger partial charge is 0.339 e. The molecule has 136 valence electrons. The Hall–Kier alpha value is -2.67. The second-order valence-electron chi connectivity index (χ2n) is 6.05. The maximum atomic E-state index is 12.4. The second-order valence-corrected chi connectivity index (χ2v) is 6.46. The standard InChI is InChI=1S/C18H20ClN5O2/c1-13-14(19)4-2-5-15(13)22-16(25)12-17(26)23-8-10-24(11-9-23)18-20-6-3-7-21-18/h2-7H,8-12H2,1H3,(H,22,25). The molecule has 2 amide bonds. The van der Waals surface area contributed by atoms with E-state index in [1.165, 1.54) is 0 Å². The van der Waals surface area contributed by atoms with E-state index in [4.69, 9.17) is 11.6 Å². The summed E-state index contributed by atoms with van der Waals surface area (Å²) in [6.07, 6.45) is 3.21. The Kier molecular flexibility index (Phi) is 5.68. The first-order valence-electron chi connectivity index (χ1n) is 8.39. The Morgan fingerprint density at radius 3 is 2.50 bits per heavy atom. The number of nitrogens with zero attached hydrogens (tertiary/aromatic N) is 4. The van der Waals surface area contributed by atoms with Gasteiger partial charge in [0.25, 0.3) is 0 Å². The SMILES string of the molecule is Cc1c(Cl)cccc1NC(=O)CC(=O)N1CCN(c2ncccn2)CC1. The van der Waals surface area contributed by atoms with Gasteiger partial charge in [-0.15, -0.1) is 0 Å². The predicted molar refractivity (Wildman–Crippen MR) is 100 cm³/mol. The Morgan fingerprint density at radius 2 is 1.81 bits per heavy atom. The fourth-order valence-electron chi connectivity index (χ4n) is 2.80. The number of hydrogen-bond donors (Lipinski definition) is 1. The average molecular weight is 374 g/mol. The molecule has 2 aromatic rings. The smallest absolute Gasteiger partial charge is 0.233 e. The molecule has 0 unspecified atom stereocenters. The van der Waals surface area contributed by atoms with Gasteiger partial charge in [-0.25, -0.2) is 9.97 Å². The van der Waals surface area contributed by atoms with Crippen molar-refractivity contribution in [3.05, 3.63) is 47.2 Å². The van der Waals surface area contributed by atoms with Gasteiger partial charge in [-0.2, -0.15) is 0 Å². The van der Waals surface area contributed by atoms with Crippen molar-refractivity contribution in [3.63, 3.8) is 0 Å². The van der Waals surface area contributed by atoms with E-state index in [-0.39, 0.29) is 18.2 Å². The number of rotatable bonds is 4. The van der Waals surface area contributed by atoms with Crippen LogP contribution in [0, 0.1) is 6.92 Å². The van der Waals surface area contributed by atoms with E-state index in [1.54, 1.807) is 41.6 Å². The van der Waals surface area contributed by atoms with Crippen molar-refractivity contribution in [1.29, 1.82) is 0 Å². The van der Waals surface area contributed by atoms with E-state index in [1.807, 2.05) is 11.8 Å². The van der Waals surface area contributed by atoms with Crippen LogP contribution in [0.3, 0.4) is 0 Å². The summed E-state index contributed by atoms with van der Waals surface area (Å²) >= 11 is 6.05. The lowest BCUT2D eigenvalue weighted by molar-refractivity contribution is -0.134. The Labute approximate surface area is 157 Å². The van der Waals surface area contributed by atoms with Crippen molar-refractivity contribution in [2.75, 3.05) is 36.4 Å². The summed E-state index contributed by atoms with van der Waals surface area (Å²) in [5.74, 6) is 0.138. The van der Waals surface area contributed by atoms with Crippen LogP contribution in [0.1, 0.15) is 12.0 Å². The quantitative estimate of drug-likeness (QED) is 0.830. The predicted octanol–water partition coefficient (Wildman–Crippen LogP) is 2.12. The van der Waals surface area contributed by atoms with Gasteiger partial charge < -0.3 is 15.1 Å². The maximum absolute atomic E-state index is 12.4. The summed E-state index contributed by atoms with van der Waals surface area (Å²) < 4.78 is 0. The molecule has 8 heteroatoms. The molecule has 7 nitrogen and oxygen atoms in total. The summed E-state index contributed by atoms with van der Waals surface area (Å²) in [6.45, 7) is 4.20. The second kappa shape index (κ2) is 8.14. The first-order chi connectivity index (χ1) is 12.5. The molecule has 1 saturated heterocycles. The molecule has 0 atom stereocenters. The van der Waals surface area contributed by atoms with Crippen LogP contribution in [0.15, 0.2) is 36.7 Å². The lowest BCUT2D eigenvalue weighted by Gasteiger charge is -2.34. The number of carbonyl (C=O) groups is 2. The van der Waals surface area contributed by atoms with Crippen LogP contribution in [0.4, 0.5) is 11.6 Å². The summed E-state index contributed by atoms with van der Waals surface area (Å²) in [5.41, 5.74) is 1.41. The monoisotopic (exact) mass is 373 g/mol. The van der Waals surface area contributed by atoms with Gasteiger partial charge in [0.1, 0.15) is 6.42 Å². The van der Waals surface area contributed by atoms with Crippen LogP contribution in [-0.2, 0) is 9.59 Å². The number of aromatic nitrogens is 2. The minimum atomic E-state index is -0.339. The third-order valence-electron chi connectivity index (χ3n) is 4.32. The van der Waals surface area contributed by atoms with Gasteiger partial charge in [0, 0.05) is 49.3 Å². The number of carbonyl (C=O) groups excluding carboxylic acids is 2. The molecule has 26 heavy (non-hydrogen) atoms. The number of amides is 2. The molecule has 0 saturated carbocycles. The molecule has 3 rings (SSSR count). The number of hydrogen-bond acceptors (Lipinski definition) is 5. The fourth-order valence-corrected chi connectivity index (χ4v) is 2.97. The molecule has 1 fully saturated rings. The van der Waals surface area contributed by atoms with Crippen LogP contribution in [-0.4, -0.2) is 52.9 Å². The molecule has 1 aliphatic heterocycles. The number of piperazine rings is 1. The molecular weight excluding hydrogens is 354 g/mol. The first kappa shape index (κ1) is 18.1. The molecular formula is C18H20ClN5O2. The van der Waals surface area contributed by atoms with E-state index < -0.39 is 0 Å². The molecule has 0 aliphatic carbocycles. The highest BCUT2D eigenvalue weighted by Gasteiger charge is 2.24. The van der Waals surface area contributed by atoms with Crippen LogP contribution in [0.5, 0.6) is 0 Å². The van der Waals surface area contributed by atoms with Crippen molar-refractivity contribution in [2.24, 2.45) is 0 Å². The Morgan fingerprint density at radius 1 is 1.12 bits per heavy atom. The van der Waals surface area contributed by atoms with Crippen molar-refractivity contribution >= 4 is 35.1 Å². The summed E-state index contributed by atoms with van der Waals surface area (Å²) in [5, 5.41) is 3.33. The highest BCUT2D eigenvalue weighted by Crippen LogP contribution is 2.23.